The first-order valence-electron chi connectivity index (χ1n) is 13.2. The Morgan fingerprint density at radius 2 is 0.850 bits per heavy atom. The Kier molecular flexibility index (Phi) is 7.53. The molecule has 0 fully saturated rings. The zero-order valence-corrected chi connectivity index (χ0v) is 23.7. The van der Waals surface area contributed by atoms with Crippen molar-refractivity contribution in [3.63, 3.8) is 0 Å². The van der Waals surface area contributed by atoms with Gasteiger partial charge in [-0.1, -0.05) is 120 Å². The molecule has 2 N–H and O–H groups in total. The highest BCUT2D eigenvalue weighted by molar-refractivity contribution is 6.21. The third kappa shape index (κ3) is 5.59. The van der Waals surface area contributed by atoms with Crippen LogP contribution in [0.2, 0.25) is 0 Å². The summed E-state index contributed by atoms with van der Waals surface area (Å²) in [4.78, 5) is 40.8. The van der Waals surface area contributed by atoms with Crippen LogP contribution in [-0.4, -0.2) is 27.6 Å². The maximum Gasteiger partial charge on any atom is 0.200 e. The molecule has 5 heteroatoms. The fourth-order valence-electron chi connectivity index (χ4n) is 4.51. The molecule has 204 valence electrons. The van der Waals surface area contributed by atoms with E-state index in [9.17, 15) is 24.6 Å². The lowest BCUT2D eigenvalue weighted by molar-refractivity contribution is 0.103. The lowest BCUT2D eigenvalue weighted by Crippen LogP contribution is -2.14. The summed E-state index contributed by atoms with van der Waals surface area (Å²) in [5.74, 6) is -3.19. The molecule has 0 amide bonds. The SMILES string of the molecule is CC(C)(C)c1ccc(C(=O)c2cc(C(=O)c3ccc(C(C)(C)C)cc3)c(O)c(C(=O)c3ccccc3)c2O)cc1. The molecule has 0 aromatic heterocycles. The molecule has 0 aliphatic rings. The minimum Gasteiger partial charge on any atom is -0.506 e. The second-order valence-electron chi connectivity index (χ2n) is 12.1. The monoisotopic (exact) mass is 534 g/mol. The van der Waals surface area contributed by atoms with Crippen LogP contribution in [0.25, 0.3) is 0 Å². The Balaban J connectivity index is 1.88. The molecule has 0 aliphatic carbocycles. The molecule has 0 aliphatic heterocycles. The second kappa shape index (κ2) is 10.6. The fraction of sp³-hybridized carbons (Fsp3) is 0.229. The van der Waals surface area contributed by atoms with E-state index >= 15 is 0 Å². The van der Waals surface area contributed by atoms with E-state index in [1.54, 1.807) is 42.5 Å². The van der Waals surface area contributed by atoms with Crippen LogP contribution in [0.4, 0.5) is 0 Å². The maximum atomic E-state index is 13.7. The Labute approximate surface area is 235 Å². The number of carbonyl (C=O) groups is 3. The maximum absolute atomic E-state index is 13.7. The van der Waals surface area contributed by atoms with Gasteiger partial charge in [-0.2, -0.15) is 0 Å². The molecular formula is C35H34O5. The molecular weight excluding hydrogens is 500 g/mol. The molecule has 4 aromatic carbocycles. The van der Waals surface area contributed by atoms with E-state index in [1.807, 2.05) is 24.3 Å². The van der Waals surface area contributed by atoms with Gasteiger partial charge in [-0.15, -0.1) is 0 Å². The number of ketones is 3. The van der Waals surface area contributed by atoms with Crippen LogP contribution in [0, 0.1) is 0 Å². The summed E-state index contributed by atoms with van der Waals surface area (Å²) >= 11 is 0. The normalized spacial score (nSPS) is 11.8. The van der Waals surface area contributed by atoms with Crippen molar-refractivity contribution in [2.45, 2.75) is 52.4 Å². The molecule has 4 rings (SSSR count). The van der Waals surface area contributed by atoms with Crippen molar-refractivity contribution in [3.8, 4) is 11.5 Å². The number of hydrogen-bond donors (Lipinski definition) is 2. The van der Waals surface area contributed by atoms with Crippen LogP contribution < -0.4 is 0 Å². The van der Waals surface area contributed by atoms with Gasteiger partial charge >= 0.3 is 0 Å². The molecule has 0 saturated carbocycles. The second-order valence-corrected chi connectivity index (χ2v) is 12.1. The Hall–Kier alpha value is -4.51. The summed E-state index contributed by atoms with van der Waals surface area (Å²) in [6.45, 7) is 12.4. The zero-order chi connectivity index (χ0) is 29.4. The van der Waals surface area contributed by atoms with Crippen molar-refractivity contribution in [3.05, 3.63) is 129 Å². The third-order valence-electron chi connectivity index (χ3n) is 7.05. The van der Waals surface area contributed by atoms with E-state index in [0.717, 1.165) is 11.1 Å². The van der Waals surface area contributed by atoms with Crippen LogP contribution in [0.3, 0.4) is 0 Å². The minimum atomic E-state index is -0.703. The highest BCUT2D eigenvalue weighted by Crippen LogP contribution is 2.38. The number of phenolic OH excluding ortho intramolecular Hbond substituents is 2. The van der Waals surface area contributed by atoms with E-state index in [-0.39, 0.29) is 38.6 Å². The molecule has 4 aromatic rings. The first kappa shape index (κ1) is 28.5. The molecule has 0 radical (unpaired) electrons. The topological polar surface area (TPSA) is 91.7 Å². The zero-order valence-electron chi connectivity index (χ0n) is 23.7. The first-order chi connectivity index (χ1) is 18.7. The van der Waals surface area contributed by atoms with Crippen molar-refractivity contribution in [2.24, 2.45) is 0 Å². The van der Waals surface area contributed by atoms with Crippen molar-refractivity contribution < 1.29 is 24.6 Å². The minimum absolute atomic E-state index is 0.125. The van der Waals surface area contributed by atoms with Gasteiger partial charge in [0.2, 0.25) is 5.78 Å². The Bertz CT molecular complexity index is 1490. The summed E-state index contributed by atoms with van der Waals surface area (Å²) in [5.41, 5.74) is 1.57. The third-order valence-corrected chi connectivity index (χ3v) is 7.05. The van der Waals surface area contributed by atoms with E-state index in [1.165, 1.54) is 18.2 Å². The largest absolute Gasteiger partial charge is 0.506 e. The average Bonchev–Trinajstić information content (AvgIpc) is 2.92. The molecule has 0 bridgehead atoms. The van der Waals surface area contributed by atoms with E-state index < -0.39 is 34.4 Å². The summed E-state index contributed by atoms with van der Waals surface area (Å²) in [6, 6.07) is 23.2. The highest BCUT2D eigenvalue weighted by Gasteiger charge is 2.30. The van der Waals surface area contributed by atoms with Gasteiger partial charge in [0.1, 0.15) is 17.1 Å². The van der Waals surface area contributed by atoms with Gasteiger partial charge in [-0.05, 0) is 28.0 Å². The predicted molar refractivity (Wildman–Crippen MR) is 157 cm³/mol. The van der Waals surface area contributed by atoms with Gasteiger partial charge in [-0.25, -0.2) is 0 Å². The number of carbonyl (C=O) groups excluding carboxylic acids is 3. The molecule has 5 nitrogen and oxygen atoms in total. The van der Waals surface area contributed by atoms with Crippen LogP contribution in [0.5, 0.6) is 11.5 Å². The van der Waals surface area contributed by atoms with Crippen LogP contribution in [-0.2, 0) is 10.8 Å². The fourth-order valence-corrected chi connectivity index (χ4v) is 4.51. The quantitative estimate of drug-likeness (QED) is 0.252. The van der Waals surface area contributed by atoms with Gasteiger partial charge in [0.25, 0.3) is 0 Å². The van der Waals surface area contributed by atoms with Gasteiger partial charge in [0.05, 0.1) is 11.1 Å². The molecule has 0 unspecified atom stereocenters. The molecule has 0 saturated heterocycles. The summed E-state index contributed by atoms with van der Waals surface area (Å²) < 4.78 is 0. The summed E-state index contributed by atoms with van der Waals surface area (Å²) in [5, 5.41) is 22.4. The lowest BCUT2D eigenvalue weighted by Gasteiger charge is -2.19. The molecule has 0 heterocycles. The number of hydrogen-bond acceptors (Lipinski definition) is 5. The van der Waals surface area contributed by atoms with E-state index in [2.05, 4.69) is 41.5 Å². The van der Waals surface area contributed by atoms with Crippen molar-refractivity contribution in [2.75, 3.05) is 0 Å². The van der Waals surface area contributed by atoms with Gasteiger partial charge < -0.3 is 10.2 Å². The summed E-state index contributed by atoms with van der Waals surface area (Å²) in [7, 11) is 0. The summed E-state index contributed by atoms with van der Waals surface area (Å²) in [6.07, 6.45) is 0. The van der Waals surface area contributed by atoms with E-state index in [4.69, 9.17) is 0 Å². The number of rotatable bonds is 6. The first-order valence-corrected chi connectivity index (χ1v) is 13.2. The molecule has 0 atom stereocenters. The molecule has 40 heavy (non-hydrogen) atoms. The van der Waals surface area contributed by atoms with E-state index in [0.29, 0.717) is 0 Å². The van der Waals surface area contributed by atoms with Crippen LogP contribution >= 0.6 is 0 Å². The molecule has 0 spiro atoms. The Morgan fingerprint density at radius 3 is 1.20 bits per heavy atom. The standard InChI is InChI=1S/C35H34O5/c1-34(2,3)24-16-12-22(13-17-24)29(36)26-20-27(30(37)23-14-18-25(19-15-23)35(4,5)6)33(40)28(32(26)39)31(38)21-10-8-7-9-11-21/h7-20,39-40H,1-6H3. The number of phenols is 2. The average molecular weight is 535 g/mol. The Morgan fingerprint density at radius 1 is 0.500 bits per heavy atom. The van der Waals surface area contributed by atoms with Gasteiger partial charge in [0, 0.05) is 16.7 Å². The van der Waals surface area contributed by atoms with Crippen molar-refractivity contribution in [1.29, 1.82) is 0 Å². The number of aromatic hydroxyl groups is 2. The van der Waals surface area contributed by atoms with Crippen LogP contribution in [0.15, 0.2) is 84.9 Å². The number of benzene rings is 4. The van der Waals surface area contributed by atoms with Gasteiger partial charge in [0.15, 0.2) is 11.6 Å². The smallest absolute Gasteiger partial charge is 0.200 e. The lowest BCUT2D eigenvalue weighted by atomic mass is 9.85. The predicted octanol–water partition coefficient (Wildman–Crippen LogP) is 7.39. The van der Waals surface area contributed by atoms with Crippen molar-refractivity contribution >= 4 is 17.3 Å². The van der Waals surface area contributed by atoms with Crippen molar-refractivity contribution in [1.82, 2.24) is 0 Å². The highest BCUT2D eigenvalue weighted by atomic mass is 16.3. The van der Waals surface area contributed by atoms with Crippen LogP contribution in [0.1, 0.15) is 100 Å². The van der Waals surface area contributed by atoms with Gasteiger partial charge in [-0.3, -0.25) is 14.4 Å².